The molecule has 0 heterocycles. The van der Waals surface area contributed by atoms with Crippen LogP contribution in [-0.4, -0.2) is 37.0 Å². The van der Waals surface area contributed by atoms with Crippen molar-refractivity contribution in [3.05, 3.63) is 0 Å². The Morgan fingerprint density at radius 3 is 2.33 bits per heavy atom. The molecule has 0 aromatic heterocycles. The fourth-order valence-corrected chi connectivity index (χ4v) is 0.725. The van der Waals surface area contributed by atoms with E-state index in [1.165, 1.54) is 0 Å². The van der Waals surface area contributed by atoms with Crippen LogP contribution in [0.15, 0.2) is 0 Å². The van der Waals surface area contributed by atoms with Crippen LogP contribution in [0.4, 0.5) is 0 Å². The van der Waals surface area contributed by atoms with Crippen molar-refractivity contribution in [2.24, 2.45) is 0 Å². The largest absolute Gasteiger partial charge is 0.353 e. The molecule has 0 radical (unpaired) electrons. The van der Waals surface area contributed by atoms with E-state index in [1.54, 1.807) is 0 Å². The second-order valence-electron chi connectivity index (χ2n) is 3.05. The van der Waals surface area contributed by atoms with Crippen molar-refractivity contribution in [2.75, 3.05) is 20.1 Å². The molecule has 0 aliphatic carbocycles. The first kappa shape index (κ1) is 14.3. The molecule has 12 heavy (non-hydrogen) atoms. The fraction of sp³-hybridized carbons (Fsp3) is 0.875. The summed E-state index contributed by atoms with van der Waals surface area (Å²) >= 11 is 0. The van der Waals surface area contributed by atoms with E-state index in [0.717, 1.165) is 6.54 Å². The summed E-state index contributed by atoms with van der Waals surface area (Å²) in [6.07, 6.45) is 0. The number of halogens is 1. The van der Waals surface area contributed by atoms with Gasteiger partial charge < -0.3 is 5.32 Å². The second-order valence-corrected chi connectivity index (χ2v) is 3.05. The molecule has 0 aliphatic rings. The minimum absolute atomic E-state index is 0. The molecule has 0 bridgehead atoms. The predicted octanol–water partition coefficient (Wildman–Crippen LogP) is 0.884. The van der Waals surface area contributed by atoms with Gasteiger partial charge >= 0.3 is 0 Å². The van der Waals surface area contributed by atoms with Crippen molar-refractivity contribution < 1.29 is 4.79 Å². The van der Waals surface area contributed by atoms with Crippen LogP contribution in [0.3, 0.4) is 0 Å². The molecule has 0 fully saturated rings. The van der Waals surface area contributed by atoms with Crippen LogP contribution in [0.1, 0.15) is 20.8 Å². The van der Waals surface area contributed by atoms with Gasteiger partial charge in [0.2, 0.25) is 5.91 Å². The number of amides is 1. The number of nitrogens with zero attached hydrogens (tertiary/aromatic N) is 1. The maximum atomic E-state index is 11.1. The van der Waals surface area contributed by atoms with Gasteiger partial charge in [-0.05, 0) is 27.4 Å². The summed E-state index contributed by atoms with van der Waals surface area (Å²) in [5.41, 5.74) is 0. The average Bonchev–Trinajstić information content (AvgIpc) is 1.85. The van der Waals surface area contributed by atoms with Gasteiger partial charge in [0.15, 0.2) is 0 Å². The number of hydrogen-bond donors (Lipinski definition) is 1. The highest BCUT2D eigenvalue weighted by molar-refractivity contribution is 5.85. The Balaban J connectivity index is 0. The van der Waals surface area contributed by atoms with Gasteiger partial charge in [-0.25, -0.2) is 0 Å². The topological polar surface area (TPSA) is 32.3 Å². The van der Waals surface area contributed by atoms with Gasteiger partial charge in [0.05, 0.1) is 6.54 Å². The molecular weight excluding hydrogens is 176 g/mol. The van der Waals surface area contributed by atoms with Gasteiger partial charge in [0, 0.05) is 6.04 Å². The van der Waals surface area contributed by atoms with Gasteiger partial charge in [-0.3, -0.25) is 9.69 Å². The number of carbonyl (C=O) groups excluding carboxylic acids is 1. The molecule has 74 valence electrons. The third kappa shape index (κ3) is 7.82. The van der Waals surface area contributed by atoms with Gasteiger partial charge in [0.25, 0.3) is 0 Å². The summed E-state index contributed by atoms with van der Waals surface area (Å²) < 4.78 is 0. The number of rotatable bonds is 4. The highest BCUT2D eigenvalue weighted by Crippen LogP contribution is 1.82. The zero-order chi connectivity index (χ0) is 8.85. The summed E-state index contributed by atoms with van der Waals surface area (Å²) in [5.74, 6) is 0.101. The molecular formula is C8H19ClN2O. The molecule has 3 nitrogen and oxygen atoms in total. The van der Waals surface area contributed by atoms with E-state index < -0.39 is 0 Å². The molecule has 1 N–H and O–H groups in total. The highest BCUT2D eigenvalue weighted by atomic mass is 35.5. The number of carbonyl (C=O) groups is 1. The lowest BCUT2D eigenvalue weighted by atomic mass is 10.4. The highest BCUT2D eigenvalue weighted by Gasteiger charge is 2.04. The van der Waals surface area contributed by atoms with Crippen LogP contribution in [0, 0.1) is 0 Å². The SMILES string of the molecule is CCN(C)CC(=O)NC(C)C.Cl. The third-order valence-electron chi connectivity index (χ3n) is 1.40. The standard InChI is InChI=1S/C8H18N2O.ClH/c1-5-10(4)6-8(11)9-7(2)3;/h7H,5-6H2,1-4H3,(H,9,11);1H. The van der Waals surface area contributed by atoms with Crippen LogP contribution in [-0.2, 0) is 4.79 Å². The fourth-order valence-electron chi connectivity index (χ4n) is 0.725. The van der Waals surface area contributed by atoms with Crippen molar-refractivity contribution in [1.82, 2.24) is 10.2 Å². The van der Waals surface area contributed by atoms with Crippen LogP contribution in [0.2, 0.25) is 0 Å². The van der Waals surface area contributed by atoms with Gasteiger partial charge in [-0.2, -0.15) is 0 Å². The first-order chi connectivity index (χ1) is 5.06. The Labute approximate surface area is 80.9 Å². The maximum Gasteiger partial charge on any atom is 0.234 e. The van der Waals surface area contributed by atoms with Crippen molar-refractivity contribution >= 4 is 18.3 Å². The molecule has 0 aromatic rings. The second kappa shape index (κ2) is 7.37. The Kier molecular flexibility index (Phi) is 8.76. The van der Waals surface area contributed by atoms with Crippen LogP contribution < -0.4 is 5.32 Å². The smallest absolute Gasteiger partial charge is 0.234 e. The van der Waals surface area contributed by atoms with Crippen molar-refractivity contribution in [3.8, 4) is 0 Å². The average molecular weight is 195 g/mol. The van der Waals surface area contributed by atoms with E-state index in [1.807, 2.05) is 32.7 Å². The Morgan fingerprint density at radius 1 is 1.50 bits per heavy atom. The number of likely N-dealkylation sites (N-methyl/N-ethyl adjacent to an activating group) is 1. The predicted molar refractivity (Wildman–Crippen MR) is 53.7 cm³/mol. The minimum atomic E-state index is 0. The Morgan fingerprint density at radius 2 is 2.00 bits per heavy atom. The molecule has 1 amide bonds. The first-order valence-corrected chi connectivity index (χ1v) is 4.04. The number of nitrogens with one attached hydrogen (secondary N) is 1. The van der Waals surface area contributed by atoms with E-state index in [0.29, 0.717) is 6.54 Å². The molecule has 0 saturated heterocycles. The van der Waals surface area contributed by atoms with Crippen molar-refractivity contribution in [2.45, 2.75) is 26.8 Å². The molecule has 0 rings (SSSR count). The van der Waals surface area contributed by atoms with E-state index in [4.69, 9.17) is 0 Å². The molecule has 4 heteroatoms. The van der Waals surface area contributed by atoms with E-state index in [2.05, 4.69) is 5.32 Å². The summed E-state index contributed by atoms with van der Waals surface area (Å²) in [5, 5.41) is 2.83. The lowest BCUT2D eigenvalue weighted by Gasteiger charge is -2.14. The van der Waals surface area contributed by atoms with Crippen molar-refractivity contribution in [1.29, 1.82) is 0 Å². The lowest BCUT2D eigenvalue weighted by molar-refractivity contribution is -0.122. The van der Waals surface area contributed by atoms with Gasteiger partial charge in [-0.15, -0.1) is 12.4 Å². The van der Waals surface area contributed by atoms with Crippen LogP contribution >= 0.6 is 12.4 Å². The molecule has 0 aliphatic heterocycles. The molecule has 0 spiro atoms. The van der Waals surface area contributed by atoms with Crippen LogP contribution in [0.5, 0.6) is 0 Å². The van der Waals surface area contributed by atoms with E-state index >= 15 is 0 Å². The summed E-state index contributed by atoms with van der Waals surface area (Å²) in [6.45, 7) is 7.36. The van der Waals surface area contributed by atoms with Gasteiger partial charge in [0.1, 0.15) is 0 Å². The molecule has 0 atom stereocenters. The lowest BCUT2D eigenvalue weighted by Crippen LogP contribution is -2.38. The van der Waals surface area contributed by atoms with E-state index in [-0.39, 0.29) is 24.4 Å². The Hall–Kier alpha value is -0.280. The van der Waals surface area contributed by atoms with E-state index in [9.17, 15) is 4.79 Å². The summed E-state index contributed by atoms with van der Waals surface area (Å²) in [4.78, 5) is 13.0. The zero-order valence-corrected chi connectivity index (χ0v) is 9.07. The monoisotopic (exact) mass is 194 g/mol. The summed E-state index contributed by atoms with van der Waals surface area (Å²) in [6, 6.07) is 0.243. The zero-order valence-electron chi connectivity index (χ0n) is 8.26. The Bertz CT molecular complexity index is 128. The van der Waals surface area contributed by atoms with Gasteiger partial charge in [-0.1, -0.05) is 6.92 Å². The first-order valence-electron chi connectivity index (χ1n) is 4.04. The third-order valence-corrected chi connectivity index (χ3v) is 1.40. The quantitative estimate of drug-likeness (QED) is 0.721. The number of hydrogen-bond acceptors (Lipinski definition) is 2. The van der Waals surface area contributed by atoms with Crippen LogP contribution in [0.25, 0.3) is 0 Å². The van der Waals surface area contributed by atoms with Crippen molar-refractivity contribution in [3.63, 3.8) is 0 Å². The summed E-state index contributed by atoms with van der Waals surface area (Å²) in [7, 11) is 1.93. The molecule has 0 saturated carbocycles. The normalized spacial score (nSPS) is 9.83. The molecule has 0 aromatic carbocycles. The molecule has 0 unspecified atom stereocenters. The minimum Gasteiger partial charge on any atom is -0.353 e. The maximum absolute atomic E-state index is 11.1.